The largest absolute Gasteiger partial charge is 0.397 e. The summed E-state index contributed by atoms with van der Waals surface area (Å²) in [4.78, 5) is 23.6. The van der Waals surface area contributed by atoms with Gasteiger partial charge in [0.1, 0.15) is 0 Å². The number of nitro benzene ring substituents is 1. The quantitative estimate of drug-likeness (QED) is 0.503. The molecule has 104 valence electrons. The van der Waals surface area contributed by atoms with Crippen LogP contribution in [-0.4, -0.2) is 43.0 Å². The van der Waals surface area contributed by atoms with Gasteiger partial charge in [0.05, 0.1) is 27.8 Å². The predicted octanol–water partition coefficient (Wildman–Crippen LogP) is 1.55. The fourth-order valence-electron chi connectivity index (χ4n) is 1.42. The van der Waals surface area contributed by atoms with E-state index in [0.717, 1.165) is 12.1 Å². The predicted molar refractivity (Wildman–Crippen MR) is 71.4 cm³/mol. The molecule has 0 heterocycles. The number of nitro groups is 1. The summed E-state index contributed by atoms with van der Waals surface area (Å²) in [5, 5.41) is 10.7. The Kier molecular flexibility index (Phi) is 5.08. The molecule has 0 atom stereocenters. The number of nitrogens with zero attached hydrogens (tertiary/aromatic N) is 2. The average molecular weight is 288 g/mol. The summed E-state index contributed by atoms with van der Waals surface area (Å²) in [6.45, 7) is 0.694. The normalized spacial score (nSPS) is 10.3. The molecule has 0 bridgehead atoms. The van der Waals surface area contributed by atoms with Crippen LogP contribution in [0.4, 0.5) is 11.4 Å². The molecule has 0 saturated carbocycles. The first-order valence-electron chi connectivity index (χ1n) is 5.36. The number of amides is 1. The zero-order valence-corrected chi connectivity index (χ0v) is 11.3. The lowest BCUT2D eigenvalue weighted by atomic mass is 10.1. The van der Waals surface area contributed by atoms with Gasteiger partial charge in [0.25, 0.3) is 11.6 Å². The van der Waals surface area contributed by atoms with Gasteiger partial charge in [-0.25, -0.2) is 0 Å². The molecule has 1 amide bonds. The Balaban J connectivity index is 3.11. The molecular formula is C11H14ClN3O4. The van der Waals surface area contributed by atoms with E-state index in [0.29, 0.717) is 13.2 Å². The molecule has 0 fully saturated rings. The number of anilines is 1. The highest BCUT2D eigenvalue weighted by atomic mass is 35.5. The molecule has 0 spiro atoms. The van der Waals surface area contributed by atoms with Crippen LogP contribution in [0.25, 0.3) is 0 Å². The zero-order chi connectivity index (χ0) is 14.6. The summed E-state index contributed by atoms with van der Waals surface area (Å²) < 4.78 is 4.86. The first-order valence-corrected chi connectivity index (χ1v) is 5.74. The molecule has 0 aliphatic rings. The molecule has 0 aliphatic carbocycles. The van der Waals surface area contributed by atoms with Gasteiger partial charge in [0.2, 0.25) is 0 Å². The van der Waals surface area contributed by atoms with Gasteiger partial charge in [-0.3, -0.25) is 14.9 Å². The van der Waals surface area contributed by atoms with E-state index in [1.54, 1.807) is 7.05 Å². The average Bonchev–Trinajstić information content (AvgIpc) is 2.37. The number of carbonyl (C=O) groups excluding carboxylic acids is 1. The van der Waals surface area contributed by atoms with E-state index in [-0.39, 0.29) is 22.0 Å². The van der Waals surface area contributed by atoms with Gasteiger partial charge in [-0.15, -0.1) is 0 Å². The van der Waals surface area contributed by atoms with E-state index >= 15 is 0 Å². The van der Waals surface area contributed by atoms with E-state index < -0.39 is 10.8 Å². The number of ether oxygens (including phenoxy) is 1. The number of methoxy groups -OCH3 is 1. The van der Waals surface area contributed by atoms with Crippen LogP contribution in [0.1, 0.15) is 10.4 Å². The van der Waals surface area contributed by atoms with Gasteiger partial charge in [0, 0.05) is 32.8 Å². The summed E-state index contributed by atoms with van der Waals surface area (Å²) in [5.41, 5.74) is 5.45. The lowest BCUT2D eigenvalue weighted by molar-refractivity contribution is -0.384. The summed E-state index contributed by atoms with van der Waals surface area (Å²) in [6.07, 6.45) is 0. The molecule has 2 N–H and O–H groups in total. The number of carbonyl (C=O) groups is 1. The van der Waals surface area contributed by atoms with Crippen molar-refractivity contribution in [3.05, 3.63) is 32.8 Å². The molecule has 7 nitrogen and oxygen atoms in total. The number of non-ortho nitro benzene ring substituents is 1. The third kappa shape index (κ3) is 3.55. The number of benzene rings is 1. The Hall–Kier alpha value is -1.86. The van der Waals surface area contributed by atoms with Gasteiger partial charge in [-0.1, -0.05) is 11.6 Å². The van der Waals surface area contributed by atoms with E-state index in [1.165, 1.54) is 12.0 Å². The third-order valence-electron chi connectivity index (χ3n) is 2.53. The van der Waals surface area contributed by atoms with Crippen LogP contribution in [0.15, 0.2) is 12.1 Å². The Morgan fingerprint density at radius 1 is 1.58 bits per heavy atom. The van der Waals surface area contributed by atoms with Crippen LogP contribution in [0.5, 0.6) is 0 Å². The first-order chi connectivity index (χ1) is 8.88. The number of hydrogen-bond acceptors (Lipinski definition) is 5. The minimum absolute atomic E-state index is 0.0119. The maximum absolute atomic E-state index is 12.1. The minimum Gasteiger partial charge on any atom is -0.397 e. The SMILES string of the molecule is COCCN(C)C(=O)c1cc([N+](=O)[O-])cc(Cl)c1N. The standard InChI is InChI=1S/C11H14ClN3O4/c1-14(3-4-19-2)11(16)8-5-7(15(17)18)6-9(12)10(8)13/h5-6H,3-4,13H2,1-2H3. The van der Waals surface area contributed by atoms with Crippen LogP contribution in [0.3, 0.4) is 0 Å². The Morgan fingerprint density at radius 2 is 2.21 bits per heavy atom. The van der Waals surface area contributed by atoms with Crippen LogP contribution in [-0.2, 0) is 4.74 Å². The van der Waals surface area contributed by atoms with Crippen LogP contribution < -0.4 is 5.73 Å². The van der Waals surface area contributed by atoms with Crippen LogP contribution >= 0.6 is 11.6 Å². The second-order valence-corrected chi connectivity index (χ2v) is 4.27. The van der Waals surface area contributed by atoms with E-state index in [1.807, 2.05) is 0 Å². The smallest absolute Gasteiger partial charge is 0.271 e. The van der Waals surface area contributed by atoms with Gasteiger partial charge in [0.15, 0.2) is 0 Å². The number of nitrogens with two attached hydrogens (primary N) is 1. The Bertz CT molecular complexity index is 507. The van der Waals surface area contributed by atoms with E-state index in [9.17, 15) is 14.9 Å². The molecule has 0 unspecified atom stereocenters. The molecule has 1 rings (SSSR count). The van der Waals surface area contributed by atoms with Gasteiger partial charge < -0.3 is 15.4 Å². The molecule has 8 heteroatoms. The van der Waals surface area contributed by atoms with Crippen LogP contribution in [0, 0.1) is 10.1 Å². The van der Waals surface area contributed by atoms with Crippen molar-refractivity contribution in [1.82, 2.24) is 4.90 Å². The summed E-state index contributed by atoms with van der Waals surface area (Å²) in [6, 6.07) is 2.23. The zero-order valence-electron chi connectivity index (χ0n) is 10.6. The highest BCUT2D eigenvalue weighted by molar-refractivity contribution is 6.34. The maximum atomic E-state index is 12.1. The van der Waals surface area contributed by atoms with Crippen molar-refractivity contribution in [2.24, 2.45) is 0 Å². The van der Waals surface area contributed by atoms with Crippen molar-refractivity contribution in [2.75, 3.05) is 33.0 Å². The van der Waals surface area contributed by atoms with Crippen molar-refractivity contribution < 1.29 is 14.5 Å². The fourth-order valence-corrected chi connectivity index (χ4v) is 1.63. The number of rotatable bonds is 5. The highest BCUT2D eigenvalue weighted by Gasteiger charge is 2.21. The van der Waals surface area contributed by atoms with Gasteiger partial charge >= 0.3 is 0 Å². The van der Waals surface area contributed by atoms with Crippen molar-refractivity contribution in [1.29, 1.82) is 0 Å². The van der Waals surface area contributed by atoms with E-state index in [2.05, 4.69) is 0 Å². The van der Waals surface area contributed by atoms with Gasteiger partial charge in [-0.05, 0) is 0 Å². The molecule has 0 radical (unpaired) electrons. The summed E-state index contributed by atoms with van der Waals surface area (Å²) in [5.74, 6) is -0.444. The second kappa shape index (κ2) is 6.35. The Morgan fingerprint density at radius 3 is 2.74 bits per heavy atom. The molecular weight excluding hydrogens is 274 g/mol. The van der Waals surface area contributed by atoms with Crippen LogP contribution in [0.2, 0.25) is 5.02 Å². The van der Waals surface area contributed by atoms with E-state index in [4.69, 9.17) is 22.1 Å². The van der Waals surface area contributed by atoms with Crippen molar-refractivity contribution in [2.45, 2.75) is 0 Å². The summed E-state index contributed by atoms with van der Waals surface area (Å²) >= 11 is 5.79. The second-order valence-electron chi connectivity index (χ2n) is 3.87. The minimum atomic E-state index is -0.628. The number of halogens is 1. The molecule has 19 heavy (non-hydrogen) atoms. The maximum Gasteiger partial charge on any atom is 0.271 e. The first kappa shape index (κ1) is 15.2. The lowest BCUT2D eigenvalue weighted by Gasteiger charge is -2.17. The lowest BCUT2D eigenvalue weighted by Crippen LogP contribution is -2.30. The molecule has 0 aromatic heterocycles. The van der Waals surface area contributed by atoms with Crippen molar-refractivity contribution in [3.63, 3.8) is 0 Å². The molecule has 0 aliphatic heterocycles. The molecule has 1 aromatic rings. The topological polar surface area (TPSA) is 98.7 Å². The number of nitrogen functional groups attached to an aromatic ring is 1. The molecule has 0 saturated heterocycles. The monoisotopic (exact) mass is 287 g/mol. The number of likely N-dealkylation sites (N-methyl/N-ethyl adjacent to an activating group) is 1. The third-order valence-corrected chi connectivity index (χ3v) is 2.85. The number of hydrogen-bond donors (Lipinski definition) is 1. The van der Waals surface area contributed by atoms with Gasteiger partial charge in [-0.2, -0.15) is 0 Å². The molecule has 1 aromatic carbocycles. The highest BCUT2D eigenvalue weighted by Crippen LogP contribution is 2.29. The van der Waals surface area contributed by atoms with Crippen molar-refractivity contribution >= 4 is 28.9 Å². The fraction of sp³-hybridized carbons (Fsp3) is 0.364. The van der Waals surface area contributed by atoms with Crippen molar-refractivity contribution in [3.8, 4) is 0 Å². The Labute approximate surface area is 115 Å². The summed E-state index contributed by atoms with van der Waals surface area (Å²) in [7, 11) is 3.06.